The third-order valence-electron chi connectivity index (χ3n) is 5.22. The summed E-state index contributed by atoms with van der Waals surface area (Å²) in [5.41, 5.74) is 2.76. The Morgan fingerprint density at radius 1 is 1.09 bits per heavy atom. The number of nitrogens with zero attached hydrogens (tertiary/aromatic N) is 4. The molecule has 34 heavy (non-hydrogen) atoms. The quantitative estimate of drug-likeness (QED) is 0.375. The van der Waals surface area contributed by atoms with Crippen LogP contribution in [0.5, 0.6) is 5.75 Å². The Kier molecular flexibility index (Phi) is 6.29. The van der Waals surface area contributed by atoms with Crippen LogP contribution < -0.4 is 10.3 Å². The van der Waals surface area contributed by atoms with Crippen molar-refractivity contribution in [2.45, 2.75) is 12.3 Å². The molecule has 0 bridgehead atoms. The van der Waals surface area contributed by atoms with E-state index >= 15 is 0 Å². The van der Waals surface area contributed by atoms with E-state index in [2.05, 4.69) is 9.98 Å². The van der Waals surface area contributed by atoms with E-state index in [4.69, 9.17) is 4.74 Å². The van der Waals surface area contributed by atoms with Crippen molar-refractivity contribution in [2.75, 3.05) is 7.11 Å². The lowest BCUT2D eigenvalue weighted by Crippen LogP contribution is -2.30. The van der Waals surface area contributed by atoms with Crippen molar-refractivity contribution in [3.8, 4) is 5.75 Å². The Morgan fingerprint density at radius 2 is 1.88 bits per heavy atom. The third kappa shape index (κ3) is 4.66. The molecule has 9 heteroatoms. The van der Waals surface area contributed by atoms with Gasteiger partial charge in [-0.05, 0) is 29.3 Å². The summed E-state index contributed by atoms with van der Waals surface area (Å²) < 4.78 is 6.73. The van der Waals surface area contributed by atoms with Crippen LogP contribution in [0.3, 0.4) is 0 Å². The Hall–Kier alpha value is -3.69. The topological polar surface area (TPSA) is 76.3 Å². The summed E-state index contributed by atoms with van der Waals surface area (Å²) in [5, 5.41) is 2.42. The lowest BCUT2D eigenvalue weighted by atomic mass is 10.1. The minimum absolute atomic E-state index is 0.118. The molecule has 1 aliphatic rings. The Balaban J connectivity index is 1.43. The highest BCUT2D eigenvalue weighted by Crippen LogP contribution is 2.28. The van der Waals surface area contributed by atoms with Crippen LogP contribution in [0.4, 0.5) is 0 Å². The van der Waals surface area contributed by atoms with Crippen molar-refractivity contribution in [1.29, 1.82) is 0 Å². The number of hydrogen-bond acceptors (Lipinski definition) is 7. The van der Waals surface area contributed by atoms with Gasteiger partial charge in [0.2, 0.25) is 0 Å². The standard InChI is InChI=1S/C25H20N4O3S2/c1-32-20-9-7-17(8-10-20)13-21-23(31)29(15-18-5-3-2-4-6-18)25(27-21)34-16-19-14-22(30)28-11-12-33-24(28)26-19/h2-14H,15-16H2,1H3/b21-13-. The fourth-order valence-corrected chi connectivity index (χ4v) is 5.13. The van der Waals surface area contributed by atoms with Crippen molar-refractivity contribution in [3.63, 3.8) is 0 Å². The normalized spacial score (nSPS) is 14.7. The minimum Gasteiger partial charge on any atom is -0.497 e. The number of ether oxygens (including phenoxy) is 1. The van der Waals surface area contributed by atoms with Gasteiger partial charge in [-0.15, -0.1) is 11.3 Å². The number of aliphatic imine (C=N–C) groups is 1. The monoisotopic (exact) mass is 488 g/mol. The molecule has 0 spiro atoms. The molecule has 4 aromatic rings. The van der Waals surface area contributed by atoms with Crippen LogP contribution >= 0.6 is 23.1 Å². The number of amidine groups is 1. The molecule has 0 fully saturated rings. The van der Waals surface area contributed by atoms with Crippen LogP contribution in [-0.2, 0) is 17.1 Å². The number of carbonyl (C=O) groups is 1. The maximum Gasteiger partial charge on any atom is 0.278 e. The average Bonchev–Trinajstić information content (AvgIpc) is 3.45. The van der Waals surface area contributed by atoms with E-state index in [1.807, 2.05) is 60.0 Å². The summed E-state index contributed by atoms with van der Waals surface area (Å²) in [4.78, 5) is 37.1. The van der Waals surface area contributed by atoms with Crippen LogP contribution in [-0.4, -0.2) is 32.5 Å². The van der Waals surface area contributed by atoms with Gasteiger partial charge in [-0.1, -0.05) is 54.2 Å². The average molecular weight is 489 g/mol. The minimum atomic E-state index is -0.163. The molecule has 0 radical (unpaired) electrons. The molecule has 2 aromatic heterocycles. The van der Waals surface area contributed by atoms with Crippen LogP contribution in [0.15, 0.2) is 87.7 Å². The largest absolute Gasteiger partial charge is 0.497 e. The van der Waals surface area contributed by atoms with Gasteiger partial charge in [0.25, 0.3) is 11.5 Å². The zero-order chi connectivity index (χ0) is 23.5. The van der Waals surface area contributed by atoms with Crippen molar-refractivity contribution >= 4 is 45.2 Å². The summed E-state index contributed by atoms with van der Waals surface area (Å²) in [6.45, 7) is 0.408. The molecular weight excluding hydrogens is 468 g/mol. The van der Waals surface area contributed by atoms with E-state index in [0.717, 1.165) is 16.9 Å². The maximum atomic E-state index is 13.3. The Morgan fingerprint density at radius 3 is 2.65 bits per heavy atom. The number of methoxy groups -OCH3 is 1. The number of hydrogen-bond donors (Lipinski definition) is 0. The third-order valence-corrected chi connectivity index (χ3v) is 6.99. The van der Waals surface area contributed by atoms with Crippen LogP contribution in [0.2, 0.25) is 0 Å². The first-order chi connectivity index (χ1) is 16.6. The molecule has 0 saturated carbocycles. The molecule has 7 nitrogen and oxygen atoms in total. The molecular formula is C25H20N4O3S2. The van der Waals surface area contributed by atoms with Gasteiger partial charge >= 0.3 is 0 Å². The first-order valence-electron chi connectivity index (χ1n) is 10.5. The van der Waals surface area contributed by atoms with Crippen molar-refractivity contribution < 1.29 is 9.53 Å². The van der Waals surface area contributed by atoms with E-state index in [1.54, 1.807) is 24.3 Å². The number of benzene rings is 2. The number of fused-ring (bicyclic) bond motifs is 1. The SMILES string of the molecule is COc1ccc(/C=C2\N=C(SCc3cc(=O)n4ccsc4n3)N(Cc3ccccc3)C2=O)cc1. The molecule has 2 aromatic carbocycles. The zero-order valence-electron chi connectivity index (χ0n) is 18.2. The molecule has 0 aliphatic carbocycles. The van der Waals surface area contributed by atoms with Gasteiger partial charge in [-0.2, -0.15) is 0 Å². The highest BCUT2D eigenvalue weighted by atomic mass is 32.2. The Labute approximate surface area is 204 Å². The zero-order valence-corrected chi connectivity index (χ0v) is 19.9. The molecule has 1 amide bonds. The van der Waals surface area contributed by atoms with Crippen LogP contribution in [0, 0.1) is 0 Å². The maximum absolute atomic E-state index is 13.3. The summed E-state index contributed by atoms with van der Waals surface area (Å²) >= 11 is 2.81. The highest BCUT2D eigenvalue weighted by molar-refractivity contribution is 8.13. The fraction of sp³-hybridized carbons (Fsp3) is 0.120. The molecule has 0 saturated heterocycles. The van der Waals surface area contributed by atoms with Crippen LogP contribution in [0.25, 0.3) is 11.0 Å². The molecule has 1 aliphatic heterocycles. The van der Waals surface area contributed by atoms with E-state index < -0.39 is 0 Å². The summed E-state index contributed by atoms with van der Waals surface area (Å²) in [7, 11) is 1.61. The van der Waals surface area contributed by atoms with E-state index in [-0.39, 0.29) is 11.5 Å². The first kappa shape index (κ1) is 22.1. The predicted octanol–water partition coefficient (Wildman–Crippen LogP) is 4.44. The molecule has 5 rings (SSSR count). The Bertz CT molecular complexity index is 1460. The number of thiazole rings is 1. The van der Waals surface area contributed by atoms with Gasteiger partial charge in [-0.3, -0.25) is 18.9 Å². The van der Waals surface area contributed by atoms with Gasteiger partial charge in [-0.25, -0.2) is 9.98 Å². The van der Waals surface area contributed by atoms with Gasteiger partial charge in [0.15, 0.2) is 10.1 Å². The van der Waals surface area contributed by atoms with Crippen LogP contribution in [0.1, 0.15) is 16.8 Å². The number of rotatable bonds is 6. The number of thioether (sulfide) groups is 1. The second kappa shape index (κ2) is 9.66. The number of carbonyl (C=O) groups excluding carboxylic acids is 1. The lowest BCUT2D eigenvalue weighted by molar-refractivity contribution is -0.122. The van der Waals surface area contributed by atoms with Crippen molar-refractivity contribution in [1.82, 2.24) is 14.3 Å². The van der Waals surface area contributed by atoms with Gasteiger partial charge in [0.1, 0.15) is 11.4 Å². The molecule has 0 N–H and O–H groups in total. The summed E-state index contributed by atoms with van der Waals surface area (Å²) in [6, 6.07) is 18.8. The smallest absolute Gasteiger partial charge is 0.278 e. The second-order valence-electron chi connectivity index (χ2n) is 7.50. The van der Waals surface area contributed by atoms with E-state index in [9.17, 15) is 9.59 Å². The van der Waals surface area contributed by atoms with Gasteiger partial charge in [0, 0.05) is 23.4 Å². The lowest BCUT2D eigenvalue weighted by Gasteiger charge is -2.17. The summed E-state index contributed by atoms with van der Waals surface area (Å²) in [5.74, 6) is 1.01. The van der Waals surface area contributed by atoms with Crippen molar-refractivity contribution in [3.05, 3.63) is 105 Å². The van der Waals surface area contributed by atoms with E-state index in [0.29, 0.717) is 33.8 Å². The summed E-state index contributed by atoms with van der Waals surface area (Å²) in [6.07, 6.45) is 3.49. The molecule has 0 unspecified atom stereocenters. The molecule has 0 atom stereocenters. The predicted molar refractivity (Wildman–Crippen MR) is 136 cm³/mol. The van der Waals surface area contributed by atoms with E-state index in [1.165, 1.54) is 33.6 Å². The number of aromatic nitrogens is 2. The molecule has 3 heterocycles. The first-order valence-corrected chi connectivity index (χ1v) is 12.4. The van der Waals surface area contributed by atoms with Gasteiger partial charge in [0.05, 0.1) is 19.3 Å². The molecule has 170 valence electrons. The number of amides is 1. The van der Waals surface area contributed by atoms with Gasteiger partial charge < -0.3 is 4.74 Å². The fourth-order valence-electron chi connectivity index (χ4n) is 3.50. The van der Waals surface area contributed by atoms with Crippen molar-refractivity contribution in [2.24, 2.45) is 4.99 Å². The highest BCUT2D eigenvalue weighted by Gasteiger charge is 2.30. The second-order valence-corrected chi connectivity index (χ2v) is 9.32.